The molecule has 0 unspecified atom stereocenters. The highest BCUT2D eigenvalue weighted by Crippen LogP contribution is 2.32. The first-order valence-electron chi connectivity index (χ1n) is 9.76. The Kier molecular flexibility index (Phi) is 4.88. The van der Waals surface area contributed by atoms with E-state index in [1.165, 1.54) is 6.42 Å². The largest absolute Gasteiger partial charge is 0.396 e. The summed E-state index contributed by atoms with van der Waals surface area (Å²) in [5.41, 5.74) is 2.20. The zero-order valence-electron chi connectivity index (χ0n) is 14.8. The van der Waals surface area contributed by atoms with Crippen molar-refractivity contribution < 1.29 is 9.90 Å². The first kappa shape index (κ1) is 16.8. The summed E-state index contributed by atoms with van der Waals surface area (Å²) in [5, 5.41) is 12.5. The lowest BCUT2D eigenvalue weighted by molar-refractivity contribution is -0.128. The molecule has 0 bridgehead atoms. The molecule has 1 aliphatic heterocycles. The van der Waals surface area contributed by atoms with Gasteiger partial charge < -0.3 is 15.3 Å². The van der Waals surface area contributed by atoms with E-state index in [4.69, 9.17) is 4.98 Å². The van der Waals surface area contributed by atoms with E-state index in [9.17, 15) is 9.90 Å². The third kappa shape index (κ3) is 3.50. The number of aliphatic hydroxyl groups excluding tert-OH is 1. The van der Waals surface area contributed by atoms with Crippen LogP contribution in [0.2, 0.25) is 0 Å². The van der Waals surface area contributed by atoms with E-state index >= 15 is 0 Å². The highest BCUT2D eigenvalue weighted by Gasteiger charge is 2.30. The molecule has 2 heterocycles. The van der Waals surface area contributed by atoms with Gasteiger partial charge in [-0.15, -0.1) is 0 Å². The molecular weight excluding hydrogens is 316 g/mol. The minimum atomic E-state index is 0.0750. The van der Waals surface area contributed by atoms with Crippen molar-refractivity contribution in [2.24, 2.45) is 11.8 Å². The topological polar surface area (TPSA) is 78.4 Å². The fourth-order valence-electron chi connectivity index (χ4n) is 4.11. The number of nitrogens with one attached hydrogen (secondary N) is 1. The van der Waals surface area contributed by atoms with Crippen molar-refractivity contribution in [1.82, 2.24) is 15.3 Å². The Bertz CT molecular complexity index is 624. The molecule has 1 saturated heterocycles. The minimum Gasteiger partial charge on any atom is -0.396 e. The molecule has 6 nitrogen and oxygen atoms in total. The number of rotatable bonds is 4. The van der Waals surface area contributed by atoms with Gasteiger partial charge in [0.05, 0.1) is 11.7 Å². The molecule has 6 heteroatoms. The summed E-state index contributed by atoms with van der Waals surface area (Å²) < 4.78 is 0. The molecule has 25 heavy (non-hydrogen) atoms. The van der Waals surface area contributed by atoms with Crippen molar-refractivity contribution in [2.45, 2.75) is 57.4 Å². The second-order valence-electron chi connectivity index (χ2n) is 7.77. The molecule has 2 fully saturated rings. The molecule has 2 N–H and O–H groups in total. The van der Waals surface area contributed by atoms with Gasteiger partial charge in [-0.3, -0.25) is 4.79 Å². The van der Waals surface area contributed by atoms with Gasteiger partial charge in [-0.25, -0.2) is 9.97 Å². The van der Waals surface area contributed by atoms with Crippen LogP contribution in [0.5, 0.6) is 0 Å². The first-order valence-corrected chi connectivity index (χ1v) is 9.76. The number of amides is 1. The van der Waals surface area contributed by atoms with Gasteiger partial charge in [-0.1, -0.05) is 6.42 Å². The second-order valence-corrected chi connectivity index (χ2v) is 7.77. The first-order chi connectivity index (χ1) is 12.2. The summed E-state index contributed by atoms with van der Waals surface area (Å²) in [4.78, 5) is 24.0. The quantitative estimate of drug-likeness (QED) is 0.873. The SMILES string of the molecule is O=C(N[C@@H]1CCCc2nc(N3CCC(CO)CC3)ncc21)C1CCC1. The number of piperidine rings is 1. The van der Waals surface area contributed by atoms with Crippen molar-refractivity contribution in [3.63, 3.8) is 0 Å². The van der Waals surface area contributed by atoms with E-state index in [1.807, 2.05) is 6.20 Å². The number of nitrogens with zero attached hydrogens (tertiary/aromatic N) is 3. The minimum absolute atomic E-state index is 0.0750. The van der Waals surface area contributed by atoms with Gasteiger partial charge in [-0.2, -0.15) is 0 Å². The summed E-state index contributed by atoms with van der Waals surface area (Å²) in [7, 11) is 0. The van der Waals surface area contributed by atoms with E-state index in [0.29, 0.717) is 5.92 Å². The smallest absolute Gasteiger partial charge is 0.225 e. The fourth-order valence-corrected chi connectivity index (χ4v) is 4.11. The lowest BCUT2D eigenvalue weighted by atomic mass is 9.84. The Balaban J connectivity index is 1.45. The maximum atomic E-state index is 12.3. The Labute approximate surface area is 149 Å². The molecule has 136 valence electrons. The Morgan fingerprint density at radius 1 is 1.20 bits per heavy atom. The van der Waals surface area contributed by atoms with Gasteiger partial charge in [0.25, 0.3) is 0 Å². The third-order valence-electron chi connectivity index (χ3n) is 6.12. The molecule has 0 aromatic carbocycles. The van der Waals surface area contributed by atoms with Crippen molar-refractivity contribution in [3.8, 4) is 0 Å². The summed E-state index contributed by atoms with van der Waals surface area (Å²) in [6.07, 6.45) is 10.2. The Hall–Kier alpha value is -1.69. The second kappa shape index (κ2) is 7.28. The molecule has 0 spiro atoms. The Morgan fingerprint density at radius 3 is 2.68 bits per heavy atom. The lowest BCUT2D eigenvalue weighted by Gasteiger charge is -2.33. The average Bonchev–Trinajstić information content (AvgIpc) is 2.60. The molecule has 1 atom stereocenters. The normalized spacial score (nSPS) is 24.5. The predicted molar refractivity (Wildman–Crippen MR) is 95.2 cm³/mol. The van der Waals surface area contributed by atoms with E-state index in [2.05, 4.69) is 15.2 Å². The molecule has 1 saturated carbocycles. The Morgan fingerprint density at radius 2 is 2.00 bits per heavy atom. The summed E-state index contributed by atoms with van der Waals surface area (Å²) in [6.45, 7) is 2.10. The van der Waals surface area contributed by atoms with Crippen LogP contribution in [0.4, 0.5) is 5.95 Å². The highest BCUT2D eigenvalue weighted by atomic mass is 16.3. The zero-order valence-corrected chi connectivity index (χ0v) is 14.8. The number of aliphatic hydroxyl groups is 1. The zero-order chi connectivity index (χ0) is 17.2. The van der Waals surface area contributed by atoms with Crippen LogP contribution in [0.3, 0.4) is 0 Å². The molecule has 2 aliphatic carbocycles. The maximum Gasteiger partial charge on any atom is 0.225 e. The maximum absolute atomic E-state index is 12.3. The van der Waals surface area contributed by atoms with Gasteiger partial charge in [0.2, 0.25) is 11.9 Å². The van der Waals surface area contributed by atoms with E-state index < -0.39 is 0 Å². The van der Waals surface area contributed by atoms with Gasteiger partial charge in [0.15, 0.2) is 0 Å². The third-order valence-corrected chi connectivity index (χ3v) is 6.12. The van der Waals surface area contributed by atoms with E-state index in [1.54, 1.807) is 0 Å². The monoisotopic (exact) mass is 344 g/mol. The number of aryl methyl sites for hydroxylation is 1. The predicted octanol–water partition coefficient (Wildman–Crippen LogP) is 1.98. The summed E-state index contributed by atoms with van der Waals surface area (Å²) in [6, 6.07) is 0.0750. The van der Waals surface area contributed by atoms with Gasteiger partial charge in [-0.05, 0) is 50.9 Å². The standard InChI is InChI=1S/C19H28N4O2/c24-12-13-7-9-23(10-8-13)19-20-11-15-16(5-2-6-17(15)22-19)21-18(25)14-3-1-4-14/h11,13-14,16,24H,1-10,12H2,(H,21,25)/t16-/m1/s1. The molecular formula is C19H28N4O2. The number of aromatic nitrogens is 2. The van der Waals surface area contributed by atoms with E-state index in [-0.39, 0.29) is 24.5 Å². The molecule has 3 aliphatic rings. The number of hydrogen-bond donors (Lipinski definition) is 2. The molecule has 0 radical (unpaired) electrons. The fraction of sp³-hybridized carbons (Fsp3) is 0.737. The number of hydrogen-bond acceptors (Lipinski definition) is 5. The van der Waals surface area contributed by atoms with Gasteiger partial charge >= 0.3 is 0 Å². The van der Waals surface area contributed by atoms with Crippen LogP contribution in [0.25, 0.3) is 0 Å². The van der Waals surface area contributed by atoms with Crippen LogP contribution in [-0.2, 0) is 11.2 Å². The van der Waals surface area contributed by atoms with Crippen LogP contribution in [0, 0.1) is 11.8 Å². The van der Waals surface area contributed by atoms with Crippen LogP contribution < -0.4 is 10.2 Å². The van der Waals surface area contributed by atoms with E-state index in [0.717, 1.165) is 75.2 Å². The average molecular weight is 344 g/mol. The molecule has 1 aromatic rings. The number of fused-ring (bicyclic) bond motifs is 1. The van der Waals surface area contributed by atoms with Crippen LogP contribution >= 0.6 is 0 Å². The molecule has 1 amide bonds. The highest BCUT2D eigenvalue weighted by molar-refractivity contribution is 5.79. The number of carbonyl (C=O) groups is 1. The van der Waals surface area contributed by atoms with Crippen molar-refractivity contribution >= 4 is 11.9 Å². The molecule has 1 aromatic heterocycles. The van der Waals surface area contributed by atoms with Crippen molar-refractivity contribution in [2.75, 3.05) is 24.6 Å². The number of carbonyl (C=O) groups excluding carboxylic acids is 1. The van der Waals surface area contributed by atoms with Crippen LogP contribution in [-0.4, -0.2) is 40.7 Å². The van der Waals surface area contributed by atoms with Crippen molar-refractivity contribution in [1.29, 1.82) is 0 Å². The molecule has 4 rings (SSSR count). The van der Waals surface area contributed by atoms with Crippen LogP contribution in [0.15, 0.2) is 6.20 Å². The van der Waals surface area contributed by atoms with Crippen molar-refractivity contribution in [3.05, 3.63) is 17.5 Å². The lowest BCUT2D eigenvalue weighted by Crippen LogP contribution is -2.39. The van der Waals surface area contributed by atoms with Gasteiger partial charge in [0.1, 0.15) is 0 Å². The van der Waals surface area contributed by atoms with Crippen LogP contribution in [0.1, 0.15) is 62.2 Å². The summed E-state index contributed by atoms with van der Waals surface area (Å²) >= 11 is 0. The number of anilines is 1. The van der Waals surface area contributed by atoms with Gasteiger partial charge in [0, 0.05) is 37.4 Å². The summed E-state index contributed by atoms with van der Waals surface area (Å²) in [5.74, 6) is 1.65.